The molecular formula is C16H26BrN3. The molecule has 20 heavy (non-hydrogen) atoms. The normalized spacial score (nSPS) is 20.8. The van der Waals surface area contributed by atoms with E-state index in [4.69, 9.17) is 0 Å². The minimum Gasteiger partial charge on any atom is -0.315 e. The lowest BCUT2D eigenvalue weighted by Crippen LogP contribution is -2.58. The lowest BCUT2D eigenvalue weighted by Gasteiger charge is -2.44. The Hall–Kier alpha value is -0.450. The van der Waals surface area contributed by atoms with Gasteiger partial charge in [0.25, 0.3) is 0 Å². The van der Waals surface area contributed by atoms with E-state index in [1.807, 2.05) is 12.4 Å². The van der Waals surface area contributed by atoms with Gasteiger partial charge in [-0.2, -0.15) is 0 Å². The van der Waals surface area contributed by atoms with E-state index in [0.717, 1.165) is 10.9 Å². The predicted molar refractivity (Wildman–Crippen MR) is 88.0 cm³/mol. The van der Waals surface area contributed by atoms with Crippen LogP contribution in [0.15, 0.2) is 22.9 Å². The molecule has 1 aromatic heterocycles. The summed E-state index contributed by atoms with van der Waals surface area (Å²) in [6.07, 6.45) is 8.69. The maximum absolute atomic E-state index is 4.29. The molecule has 0 aliphatic carbocycles. The van der Waals surface area contributed by atoms with Crippen molar-refractivity contribution >= 4 is 15.9 Å². The Bertz CT molecular complexity index is 431. The Kier molecular flexibility index (Phi) is 5.58. The molecule has 4 heteroatoms. The van der Waals surface area contributed by atoms with Crippen LogP contribution in [0.1, 0.15) is 38.7 Å². The number of aromatic nitrogens is 1. The molecule has 0 bridgehead atoms. The summed E-state index contributed by atoms with van der Waals surface area (Å²) in [6.45, 7) is 7.19. The lowest BCUT2D eigenvalue weighted by atomic mass is 9.84. The van der Waals surface area contributed by atoms with Gasteiger partial charge in [0.15, 0.2) is 0 Å². The maximum Gasteiger partial charge on any atom is 0.0410 e. The van der Waals surface area contributed by atoms with Gasteiger partial charge in [-0.1, -0.05) is 6.92 Å². The zero-order valence-corrected chi connectivity index (χ0v) is 14.4. The first-order chi connectivity index (χ1) is 9.60. The van der Waals surface area contributed by atoms with Crippen LogP contribution in [0.3, 0.4) is 0 Å². The van der Waals surface area contributed by atoms with Crippen molar-refractivity contribution in [3.05, 3.63) is 28.5 Å². The number of nitrogens with zero attached hydrogens (tertiary/aromatic N) is 2. The number of hydrogen-bond acceptors (Lipinski definition) is 3. The summed E-state index contributed by atoms with van der Waals surface area (Å²) >= 11 is 3.51. The average Bonchev–Trinajstić information content (AvgIpc) is 2.98. The molecule has 2 atom stereocenters. The number of hydrogen-bond donors (Lipinski definition) is 1. The van der Waals surface area contributed by atoms with Crippen molar-refractivity contribution in [3.63, 3.8) is 0 Å². The second-order valence-corrected chi connectivity index (χ2v) is 6.88. The van der Waals surface area contributed by atoms with Gasteiger partial charge in [-0.25, -0.2) is 0 Å². The molecule has 2 unspecified atom stereocenters. The smallest absolute Gasteiger partial charge is 0.0410 e. The van der Waals surface area contributed by atoms with Crippen molar-refractivity contribution in [2.45, 2.75) is 51.1 Å². The average molecular weight is 340 g/mol. The topological polar surface area (TPSA) is 28.2 Å². The number of halogens is 1. The predicted octanol–water partition coefficient (Wildman–Crippen LogP) is 3.24. The largest absolute Gasteiger partial charge is 0.315 e. The summed E-state index contributed by atoms with van der Waals surface area (Å²) in [5.41, 5.74) is 1.51. The molecule has 1 aromatic rings. The van der Waals surface area contributed by atoms with Crippen molar-refractivity contribution in [2.75, 3.05) is 20.1 Å². The summed E-state index contributed by atoms with van der Waals surface area (Å²) in [5.74, 6) is 0. The van der Waals surface area contributed by atoms with Gasteiger partial charge in [0.2, 0.25) is 0 Å². The van der Waals surface area contributed by atoms with Gasteiger partial charge in [-0.15, -0.1) is 0 Å². The van der Waals surface area contributed by atoms with Crippen LogP contribution >= 0.6 is 15.9 Å². The SMILES string of the molecule is CCC(C)(C(Cc1cncc(Br)c1)NC)N1CCCC1. The van der Waals surface area contributed by atoms with E-state index in [-0.39, 0.29) is 5.54 Å². The summed E-state index contributed by atoms with van der Waals surface area (Å²) in [5, 5.41) is 3.55. The van der Waals surface area contributed by atoms with Crippen LogP contribution in [0, 0.1) is 0 Å². The molecule has 0 spiro atoms. The third kappa shape index (κ3) is 3.41. The monoisotopic (exact) mass is 339 g/mol. The first-order valence-corrected chi connectivity index (χ1v) is 8.41. The van der Waals surface area contributed by atoms with Gasteiger partial charge in [0.05, 0.1) is 0 Å². The van der Waals surface area contributed by atoms with Crippen molar-refractivity contribution in [1.82, 2.24) is 15.2 Å². The molecule has 0 radical (unpaired) electrons. The highest BCUT2D eigenvalue weighted by Crippen LogP contribution is 2.29. The second-order valence-electron chi connectivity index (χ2n) is 5.96. The molecule has 0 saturated carbocycles. The highest BCUT2D eigenvalue weighted by molar-refractivity contribution is 9.10. The lowest BCUT2D eigenvalue weighted by molar-refractivity contribution is 0.0873. The van der Waals surface area contributed by atoms with Gasteiger partial charge in [0, 0.05) is 28.4 Å². The Morgan fingerprint density at radius 3 is 2.65 bits per heavy atom. The van der Waals surface area contributed by atoms with Crippen LogP contribution in [-0.2, 0) is 6.42 Å². The second kappa shape index (κ2) is 7.01. The van der Waals surface area contributed by atoms with Crippen LogP contribution in [0.25, 0.3) is 0 Å². The van der Waals surface area contributed by atoms with E-state index in [1.54, 1.807) is 0 Å². The van der Waals surface area contributed by atoms with Crippen LogP contribution in [0.5, 0.6) is 0 Å². The summed E-state index contributed by atoms with van der Waals surface area (Å²) in [6, 6.07) is 2.62. The van der Waals surface area contributed by atoms with E-state index < -0.39 is 0 Å². The quantitative estimate of drug-likeness (QED) is 0.862. The first kappa shape index (κ1) is 15.9. The highest BCUT2D eigenvalue weighted by atomic mass is 79.9. The third-order valence-corrected chi connectivity index (χ3v) is 5.28. The molecule has 2 heterocycles. The van der Waals surface area contributed by atoms with Crippen LogP contribution < -0.4 is 5.32 Å². The summed E-state index contributed by atoms with van der Waals surface area (Å²) in [7, 11) is 2.08. The molecule has 3 nitrogen and oxygen atoms in total. The van der Waals surface area contributed by atoms with Crippen LogP contribution in [0.2, 0.25) is 0 Å². The molecule has 0 aromatic carbocycles. The van der Waals surface area contributed by atoms with Gasteiger partial charge in [-0.05, 0) is 80.3 Å². The van der Waals surface area contributed by atoms with E-state index in [1.165, 1.54) is 37.9 Å². The van der Waals surface area contributed by atoms with Crippen molar-refractivity contribution in [2.24, 2.45) is 0 Å². The zero-order chi connectivity index (χ0) is 14.6. The molecule has 1 N–H and O–H groups in total. The fraction of sp³-hybridized carbons (Fsp3) is 0.688. The minimum absolute atomic E-state index is 0.216. The van der Waals surface area contributed by atoms with Crippen LogP contribution in [0.4, 0.5) is 0 Å². The number of nitrogens with one attached hydrogen (secondary N) is 1. The molecule has 1 aliphatic heterocycles. The maximum atomic E-state index is 4.29. The standard InChI is InChI=1S/C16H26BrN3/c1-4-16(2,20-7-5-6-8-20)15(18-3)10-13-9-14(17)12-19-11-13/h9,11-12,15,18H,4-8,10H2,1-3H3. The Morgan fingerprint density at radius 1 is 1.40 bits per heavy atom. The van der Waals surface area contributed by atoms with E-state index in [0.29, 0.717) is 6.04 Å². The number of pyridine rings is 1. The number of rotatable bonds is 6. The molecule has 2 rings (SSSR count). The zero-order valence-electron chi connectivity index (χ0n) is 12.8. The molecule has 1 saturated heterocycles. The fourth-order valence-electron chi connectivity index (χ4n) is 3.35. The molecule has 112 valence electrons. The highest BCUT2D eigenvalue weighted by Gasteiger charge is 2.38. The van der Waals surface area contributed by atoms with E-state index >= 15 is 0 Å². The number of likely N-dealkylation sites (N-methyl/N-ethyl adjacent to an activating group) is 1. The Morgan fingerprint density at radius 2 is 2.10 bits per heavy atom. The molecule has 0 amide bonds. The minimum atomic E-state index is 0.216. The number of likely N-dealkylation sites (tertiary alicyclic amines) is 1. The molecule has 1 fully saturated rings. The third-order valence-electron chi connectivity index (χ3n) is 4.84. The summed E-state index contributed by atoms with van der Waals surface area (Å²) < 4.78 is 1.06. The van der Waals surface area contributed by atoms with E-state index in [2.05, 4.69) is 58.1 Å². The first-order valence-electron chi connectivity index (χ1n) is 7.62. The van der Waals surface area contributed by atoms with Gasteiger partial charge >= 0.3 is 0 Å². The Labute approximate surface area is 131 Å². The van der Waals surface area contributed by atoms with Gasteiger partial charge in [-0.3, -0.25) is 9.88 Å². The van der Waals surface area contributed by atoms with Crippen molar-refractivity contribution in [1.29, 1.82) is 0 Å². The van der Waals surface area contributed by atoms with Crippen LogP contribution in [-0.4, -0.2) is 41.6 Å². The molecule has 1 aliphatic rings. The van der Waals surface area contributed by atoms with Gasteiger partial charge in [0.1, 0.15) is 0 Å². The fourth-order valence-corrected chi connectivity index (χ4v) is 3.77. The van der Waals surface area contributed by atoms with E-state index in [9.17, 15) is 0 Å². The van der Waals surface area contributed by atoms with Gasteiger partial charge < -0.3 is 5.32 Å². The van der Waals surface area contributed by atoms with Crippen molar-refractivity contribution < 1.29 is 0 Å². The van der Waals surface area contributed by atoms with Crippen molar-refractivity contribution in [3.8, 4) is 0 Å². The molecular weight excluding hydrogens is 314 g/mol. The Balaban J connectivity index is 2.16. The summed E-state index contributed by atoms with van der Waals surface area (Å²) in [4.78, 5) is 6.95.